The number of nitrogens with zero attached hydrogens (tertiary/aromatic N) is 4. The Labute approximate surface area is 794 Å². The van der Waals surface area contributed by atoms with Gasteiger partial charge in [-0.2, -0.15) is 0 Å². The van der Waals surface area contributed by atoms with Gasteiger partial charge in [0.2, 0.25) is 0 Å². The summed E-state index contributed by atoms with van der Waals surface area (Å²) in [7, 11) is -6.82. The maximum Gasteiger partial charge on any atom is 0.150 e. The van der Waals surface area contributed by atoms with Crippen molar-refractivity contribution in [2.24, 2.45) is 0 Å². The molecule has 136 heavy (non-hydrogen) atoms. The van der Waals surface area contributed by atoms with Gasteiger partial charge in [0.15, 0.2) is 0 Å². The second kappa shape index (κ2) is 35.3. The molecule has 20 aromatic carbocycles. The van der Waals surface area contributed by atoms with Gasteiger partial charge >= 0.3 is 0 Å². The molecule has 0 saturated heterocycles. The van der Waals surface area contributed by atoms with Crippen LogP contribution in [0.5, 0.6) is 0 Å². The number of aryl methyl sites for hydroxylation is 4. The third-order valence-corrected chi connectivity index (χ3v) is 34.9. The quantitative estimate of drug-likeness (QED) is 0.0428. The summed E-state index contributed by atoms with van der Waals surface area (Å²) in [5, 5.41) is 16.1. The van der Waals surface area contributed by atoms with Crippen molar-refractivity contribution in [2.75, 3.05) is 19.6 Å². The van der Waals surface area contributed by atoms with Gasteiger partial charge in [0, 0.05) is 90.8 Å². The average Bonchev–Trinajstić information content (AvgIpc) is 0.718. The zero-order valence-electron chi connectivity index (χ0n) is 79.1. The highest BCUT2D eigenvalue weighted by Crippen LogP contribution is 2.53. The Morgan fingerprint density at radius 2 is 0.390 bits per heavy atom. The maximum absolute atomic E-state index is 16.7. The number of halogens is 8. The van der Waals surface area contributed by atoms with E-state index in [1.165, 1.54) is 20.7 Å². The van der Waals surface area contributed by atoms with Crippen molar-refractivity contribution in [3.8, 4) is 44.5 Å². The molecule has 16 heteroatoms. The molecular formula is C120H104F8N4Si4. The van der Waals surface area contributed by atoms with Crippen LogP contribution in [0.25, 0.3) is 109 Å². The van der Waals surface area contributed by atoms with Crippen LogP contribution in [0.4, 0.5) is 103 Å². The molecule has 0 N–H and O–H groups in total. The fraction of sp³-hybridized carbons (Fsp3) is 0.133. The zero-order chi connectivity index (χ0) is 95.6. The van der Waals surface area contributed by atoms with Gasteiger partial charge in [-0.05, 0) is 190 Å². The van der Waals surface area contributed by atoms with E-state index < -0.39 is 78.8 Å². The minimum Gasteiger partial charge on any atom is -0.307 e. The fourth-order valence-corrected chi connectivity index (χ4v) is 23.9. The van der Waals surface area contributed by atoms with Crippen LogP contribution in [0.15, 0.2) is 340 Å². The predicted molar refractivity (Wildman–Crippen MR) is 571 cm³/mol. The zero-order valence-corrected chi connectivity index (χ0v) is 83.1. The van der Waals surface area contributed by atoms with Crippen molar-refractivity contribution in [2.45, 2.75) is 106 Å². The molecule has 0 aliphatic rings. The van der Waals surface area contributed by atoms with Crippen molar-refractivity contribution in [1.29, 1.82) is 0 Å². The molecule has 20 rings (SSSR count). The summed E-state index contributed by atoms with van der Waals surface area (Å²) in [6.45, 7) is 35.4. The molecule has 0 fully saturated rings. The molecule has 0 unspecified atom stereocenters. The largest absolute Gasteiger partial charge is 0.307 e. The van der Waals surface area contributed by atoms with Crippen LogP contribution in [0, 0.1) is 74.2 Å². The van der Waals surface area contributed by atoms with Crippen molar-refractivity contribution in [1.82, 2.24) is 0 Å². The van der Waals surface area contributed by atoms with Crippen LogP contribution in [0.1, 0.15) is 22.3 Å². The highest BCUT2D eigenvalue weighted by molar-refractivity contribution is 6.90. The molecule has 0 aliphatic heterocycles. The molecule has 20 aromatic rings. The fourth-order valence-electron chi connectivity index (χ4n) is 19.2. The molecule has 0 saturated carbocycles. The third-order valence-electron chi connectivity index (χ3n) is 26.7. The molecule has 0 amide bonds. The summed E-state index contributed by atoms with van der Waals surface area (Å²) in [4.78, 5) is 7.62. The normalized spacial score (nSPS) is 12.1. The molecule has 676 valence electrons. The smallest absolute Gasteiger partial charge is 0.150 e. The van der Waals surface area contributed by atoms with E-state index in [0.717, 1.165) is 134 Å². The average molecular weight is 1870 g/mol. The van der Waals surface area contributed by atoms with Crippen molar-refractivity contribution in [3.63, 3.8) is 0 Å². The summed E-state index contributed by atoms with van der Waals surface area (Å²) < 4.78 is 131. The molecule has 0 heterocycles. The van der Waals surface area contributed by atoms with Crippen LogP contribution in [0.2, 0.25) is 78.6 Å². The first-order valence-electron chi connectivity index (χ1n) is 46.2. The topological polar surface area (TPSA) is 13.0 Å². The highest BCUT2D eigenvalue weighted by Gasteiger charge is 2.33. The van der Waals surface area contributed by atoms with Crippen LogP contribution in [-0.2, 0) is 0 Å². The Kier molecular flexibility index (Phi) is 23.7. The van der Waals surface area contributed by atoms with Crippen LogP contribution >= 0.6 is 0 Å². The van der Waals surface area contributed by atoms with Crippen molar-refractivity contribution < 1.29 is 35.1 Å². The van der Waals surface area contributed by atoms with Gasteiger partial charge in [0.05, 0.1) is 77.8 Å². The second-order valence-corrected chi connectivity index (χ2v) is 60.6. The summed E-state index contributed by atoms with van der Waals surface area (Å²) in [5.74, 6) is -5.34. The lowest BCUT2D eigenvalue weighted by atomic mass is 9.91. The third kappa shape index (κ3) is 17.2. The first kappa shape index (κ1) is 91.1. The van der Waals surface area contributed by atoms with E-state index in [9.17, 15) is 0 Å². The van der Waals surface area contributed by atoms with Crippen LogP contribution < -0.4 is 40.3 Å². The second-order valence-electron chi connectivity index (χ2n) is 40.3. The van der Waals surface area contributed by atoms with Crippen molar-refractivity contribution >= 4 is 186 Å². The molecule has 0 radical (unpaired) electrons. The number of benzene rings is 20. The van der Waals surface area contributed by atoms with E-state index in [1.807, 2.05) is 217 Å². The van der Waals surface area contributed by atoms with Crippen LogP contribution in [0.3, 0.4) is 0 Å². The SMILES string of the molecule is Cc1ccc(-c2cc(N(c3ccc([Si](C)(C)C)cc3)c3ccc4ccc5c(N(c6ccc([Si](C)(C)C)cc6)c6cc(-c7ccc(C)cc7)c(F)cc6F)ccc6ccc3c4c65)c(F)cc2F)cc1.Cc1cccc(-c2cc(N(c3ccc([Si](C)(C)C)cc3)c3ccc4ccc5c(N(c6ccc([Si](C)(C)C)cc6)c6cc(-c7cccc(C)c7)c(F)cc6F)ccc6ccc3c4c65)c(F)cc2F)c1. The van der Waals surface area contributed by atoms with E-state index in [2.05, 4.69) is 200 Å². The van der Waals surface area contributed by atoms with Gasteiger partial charge in [-0.15, -0.1) is 0 Å². The molecule has 0 bridgehead atoms. The number of hydrogen-bond donors (Lipinski definition) is 0. The molecule has 0 spiro atoms. The number of hydrogen-bond acceptors (Lipinski definition) is 4. The predicted octanol–water partition coefficient (Wildman–Crippen LogP) is 34.2. The van der Waals surface area contributed by atoms with E-state index >= 15 is 35.1 Å². The van der Waals surface area contributed by atoms with E-state index in [0.29, 0.717) is 67.3 Å². The lowest BCUT2D eigenvalue weighted by molar-refractivity contribution is 0.586. The minimum atomic E-state index is -1.71. The van der Waals surface area contributed by atoms with E-state index in [1.54, 1.807) is 24.3 Å². The van der Waals surface area contributed by atoms with Gasteiger partial charge in [-0.3, -0.25) is 0 Å². The summed E-state index contributed by atoms with van der Waals surface area (Å²) in [5.41, 5.74) is 14.4. The first-order valence-corrected chi connectivity index (χ1v) is 60.2. The molecule has 4 nitrogen and oxygen atoms in total. The Balaban J connectivity index is 0.000000174. The van der Waals surface area contributed by atoms with Gasteiger partial charge < -0.3 is 19.6 Å². The number of rotatable bonds is 20. The lowest BCUT2D eigenvalue weighted by Gasteiger charge is -2.30. The van der Waals surface area contributed by atoms with Gasteiger partial charge in [-0.25, -0.2) is 35.1 Å². The first-order chi connectivity index (χ1) is 64.9. The summed E-state index contributed by atoms with van der Waals surface area (Å²) >= 11 is 0. The monoisotopic (exact) mass is 1860 g/mol. The summed E-state index contributed by atoms with van der Waals surface area (Å²) in [6.07, 6.45) is 0. The van der Waals surface area contributed by atoms with Gasteiger partial charge in [-0.1, -0.05) is 340 Å². The Hall–Kier alpha value is -14.0. The molecule has 0 atom stereocenters. The highest BCUT2D eigenvalue weighted by atomic mass is 28.3. The summed E-state index contributed by atoms with van der Waals surface area (Å²) in [6, 6.07) is 107. The molecule has 0 aliphatic carbocycles. The lowest BCUT2D eigenvalue weighted by Crippen LogP contribution is -2.37. The minimum absolute atomic E-state index is 0.211. The van der Waals surface area contributed by atoms with E-state index in [-0.39, 0.29) is 22.7 Å². The van der Waals surface area contributed by atoms with Crippen molar-refractivity contribution in [3.05, 3.63) is 409 Å². The van der Waals surface area contributed by atoms with Gasteiger partial charge in [0.1, 0.15) is 46.5 Å². The van der Waals surface area contributed by atoms with Crippen LogP contribution in [-0.4, -0.2) is 32.3 Å². The standard InChI is InChI=1S/2C60H52F4N2Si2/c1-37-9-13-39(14-10-37)49-33-57(53(63)35-51(49)61)65(43-21-25-45(26-22-43)67(3,4)5)55-31-19-41-18-30-48-56(32-20-42-17-29-47(55)59(41)60(42)48)66(44-23-27-46(28-24-44)68(6,7)8)58-34-50(52(62)36-54(58)64)40-15-11-38(2)12-16-40;1-37-11-9-13-41(31-37)49-33-57(53(63)35-51(49)61)65(43-19-23-45(24-20-43)67(3,4)5)55-29-17-39-16-28-48-56(30-18-40-15-27-47(55)59(39)60(40)48)66(44-21-25-46(26-22-44)68(6,7)8)58-34-50(52(62)36-54(58)64)42-14-10-12-38(2)32-42/h2*9-36H,1-8H3. The maximum atomic E-state index is 16.7. The molecular weight excluding hydrogens is 1760 g/mol. The Morgan fingerprint density at radius 3 is 0.603 bits per heavy atom. The number of anilines is 12. The molecule has 0 aromatic heterocycles. The van der Waals surface area contributed by atoms with E-state index in [4.69, 9.17) is 0 Å². The van der Waals surface area contributed by atoms with Gasteiger partial charge in [0.25, 0.3) is 0 Å². The Morgan fingerprint density at radius 1 is 0.176 bits per heavy atom. The Bertz CT molecular complexity index is 7550.